The first-order valence-electron chi connectivity index (χ1n) is 7.01. The average Bonchev–Trinajstić information content (AvgIpc) is 2.78. The first-order valence-corrected chi connectivity index (χ1v) is 7.76. The van der Waals surface area contributed by atoms with Gasteiger partial charge in [0.05, 0.1) is 12.7 Å². The highest BCUT2D eigenvalue weighted by Gasteiger charge is 2.51. The Morgan fingerprint density at radius 3 is 2.80 bits per heavy atom. The number of alkyl halides is 2. The second-order valence-corrected chi connectivity index (χ2v) is 7.23. The topological polar surface area (TPSA) is 51.4 Å². The van der Waals surface area contributed by atoms with Gasteiger partial charge in [-0.1, -0.05) is 5.16 Å². The molecule has 2 fully saturated rings. The molecular weight excluding hydrogens is 301 g/mol. The number of aryl methyl sites for hydroxylation is 1. The lowest BCUT2D eigenvalue weighted by Gasteiger charge is -2.37. The highest BCUT2D eigenvalue weighted by Crippen LogP contribution is 2.55. The van der Waals surface area contributed by atoms with Crippen molar-refractivity contribution in [2.75, 3.05) is 19.7 Å². The maximum absolute atomic E-state index is 6.09. The van der Waals surface area contributed by atoms with E-state index >= 15 is 0 Å². The lowest BCUT2D eigenvalue weighted by molar-refractivity contribution is -0.0734. The van der Waals surface area contributed by atoms with Crippen molar-refractivity contribution < 1.29 is 9.26 Å². The van der Waals surface area contributed by atoms with Crippen LogP contribution in [0.4, 0.5) is 0 Å². The summed E-state index contributed by atoms with van der Waals surface area (Å²) < 4.78 is 10.6. The second-order valence-electron chi connectivity index (χ2n) is 5.69. The van der Waals surface area contributed by atoms with Gasteiger partial charge in [-0.3, -0.25) is 4.90 Å². The van der Waals surface area contributed by atoms with Gasteiger partial charge in [0, 0.05) is 6.54 Å². The number of halogens is 2. The van der Waals surface area contributed by atoms with Crippen LogP contribution < -0.4 is 0 Å². The largest absolute Gasteiger partial charge is 0.375 e. The Morgan fingerprint density at radius 1 is 1.45 bits per heavy atom. The molecule has 5 nitrogen and oxygen atoms in total. The maximum Gasteiger partial charge on any atom is 0.246 e. The molecule has 0 aromatic carbocycles. The normalized spacial score (nSPS) is 33.3. The zero-order valence-corrected chi connectivity index (χ0v) is 13.2. The first-order chi connectivity index (χ1) is 9.47. The summed E-state index contributed by atoms with van der Waals surface area (Å²) in [5, 5.41) is 3.88. The van der Waals surface area contributed by atoms with Crippen molar-refractivity contribution in [3.05, 3.63) is 11.7 Å². The van der Waals surface area contributed by atoms with Crippen molar-refractivity contribution in [3.63, 3.8) is 0 Å². The zero-order valence-electron chi connectivity index (χ0n) is 11.7. The smallest absolute Gasteiger partial charge is 0.246 e. The third kappa shape index (κ3) is 2.96. The Hall–Kier alpha value is -0.360. The summed E-state index contributed by atoms with van der Waals surface area (Å²) in [6.45, 7) is 6.38. The van der Waals surface area contributed by atoms with E-state index in [0.717, 1.165) is 32.5 Å². The van der Waals surface area contributed by atoms with Gasteiger partial charge in [-0.05, 0) is 39.2 Å². The summed E-state index contributed by atoms with van der Waals surface area (Å²) in [6, 6.07) is 0.0174. The molecule has 1 aromatic rings. The third-order valence-corrected chi connectivity index (χ3v) is 5.04. The van der Waals surface area contributed by atoms with E-state index in [1.54, 1.807) is 0 Å². The van der Waals surface area contributed by atoms with Crippen LogP contribution in [0.15, 0.2) is 4.52 Å². The van der Waals surface area contributed by atoms with Gasteiger partial charge in [-0.15, -0.1) is 23.2 Å². The van der Waals surface area contributed by atoms with Crippen LogP contribution in [0.1, 0.15) is 37.5 Å². The van der Waals surface area contributed by atoms with E-state index in [0.29, 0.717) is 17.6 Å². The molecule has 2 heterocycles. The third-order valence-electron chi connectivity index (χ3n) is 4.11. The SMILES string of the molecule is Cc1noc([C@@H]2[C@@H](C)OCCN2CCC2CC2(Cl)Cl)n1. The van der Waals surface area contributed by atoms with E-state index in [4.69, 9.17) is 32.5 Å². The minimum atomic E-state index is -0.505. The molecule has 7 heteroatoms. The minimum absolute atomic E-state index is 0.0174. The monoisotopic (exact) mass is 319 g/mol. The molecule has 0 amide bonds. The molecule has 0 radical (unpaired) electrons. The zero-order chi connectivity index (χ0) is 14.3. The summed E-state index contributed by atoms with van der Waals surface area (Å²) in [4.78, 5) is 6.69. The Kier molecular flexibility index (Phi) is 3.97. The molecule has 1 unspecified atom stereocenters. The lowest BCUT2D eigenvalue weighted by atomic mass is 10.1. The predicted octanol–water partition coefficient (Wildman–Crippen LogP) is 2.72. The molecule has 1 aliphatic carbocycles. The van der Waals surface area contributed by atoms with Gasteiger partial charge in [-0.2, -0.15) is 4.98 Å². The van der Waals surface area contributed by atoms with E-state index in [9.17, 15) is 0 Å². The van der Waals surface area contributed by atoms with E-state index < -0.39 is 4.33 Å². The van der Waals surface area contributed by atoms with Gasteiger partial charge in [-0.25, -0.2) is 0 Å². The number of hydrogen-bond acceptors (Lipinski definition) is 5. The van der Waals surface area contributed by atoms with Crippen LogP contribution >= 0.6 is 23.2 Å². The molecule has 1 saturated carbocycles. The first kappa shape index (κ1) is 14.6. The predicted molar refractivity (Wildman–Crippen MR) is 75.9 cm³/mol. The lowest BCUT2D eigenvalue weighted by Crippen LogP contribution is -2.44. The van der Waals surface area contributed by atoms with Crippen LogP contribution in [-0.4, -0.2) is 45.2 Å². The fraction of sp³-hybridized carbons (Fsp3) is 0.846. The van der Waals surface area contributed by atoms with E-state index in [1.807, 2.05) is 13.8 Å². The molecule has 0 N–H and O–H groups in total. The number of hydrogen-bond donors (Lipinski definition) is 0. The molecule has 0 bridgehead atoms. The van der Waals surface area contributed by atoms with Crippen LogP contribution in [0.5, 0.6) is 0 Å². The van der Waals surface area contributed by atoms with E-state index in [-0.39, 0.29) is 12.1 Å². The van der Waals surface area contributed by atoms with Gasteiger partial charge < -0.3 is 9.26 Å². The summed E-state index contributed by atoms with van der Waals surface area (Å²) in [6.07, 6.45) is 1.92. The quantitative estimate of drug-likeness (QED) is 0.799. The van der Waals surface area contributed by atoms with Crippen molar-refractivity contribution in [1.82, 2.24) is 15.0 Å². The molecule has 3 rings (SSSR count). The minimum Gasteiger partial charge on any atom is -0.375 e. The molecular formula is C13H19Cl2N3O2. The second kappa shape index (κ2) is 5.44. The van der Waals surface area contributed by atoms with Crippen molar-refractivity contribution in [3.8, 4) is 0 Å². The van der Waals surface area contributed by atoms with Crippen LogP contribution in [0.3, 0.4) is 0 Å². The summed E-state index contributed by atoms with van der Waals surface area (Å²) in [5.74, 6) is 1.68. The molecule has 1 saturated heterocycles. The molecule has 0 spiro atoms. The van der Waals surface area contributed by atoms with Crippen molar-refractivity contribution in [2.24, 2.45) is 5.92 Å². The molecule has 3 atom stereocenters. The molecule has 20 heavy (non-hydrogen) atoms. The van der Waals surface area contributed by atoms with Gasteiger partial charge in [0.15, 0.2) is 5.82 Å². The van der Waals surface area contributed by atoms with Crippen molar-refractivity contribution in [1.29, 1.82) is 0 Å². The van der Waals surface area contributed by atoms with E-state index in [1.165, 1.54) is 0 Å². The van der Waals surface area contributed by atoms with Crippen LogP contribution in [0.25, 0.3) is 0 Å². The van der Waals surface area contributed by atoms with Crippen molar-refractivity contribution in [2.45, 2.75) is 43.2 Å². The molecule has 1 aromatic heterocycles. The molecule has 112 valence electrons. The summed E-state index contributed by atoms with van der Waals surface area (Å²) in [7, 11) is 0. The Balaban J connectivity index is 1.67. The van der Waals surface area contributed by atoms with Crippen LogP contribution in [0.2, 0.25) is 0 Å². The highest BCUT2D eigenvalue weighted by molar-refractivity contribution is 6.50. The number of ether oxygens (including phenoxy) is 1. The Labute approximate surface area is 128 Å². The van der Waals surface area contributed by atoms with Gasteiger partial charge in [0.2, 0.25) is 5.89 Å². The number of rotatable bonds is 4. The fourth-order valence-electron chi connectivity index (χ4n) is 2.83. The van der Waals surface area contributed by atoms with Gasteiger partial charge in [0.1, 0.15) is 10.4 Å². The molecule has 1 aliphatic heterocycles. The van der Waals surface area contributed by atoms with Gasteiger partial charge >= 0.3 is 0 Å². The maximum atomic E-state index is 6.09. The number of aromatic nitrogens is 2. The van der Waals surface area contributed by atoms with Gasteiger partial charge in [0.25, 0.3) is 0 Å². The average molecular weight is 320 g/mol. The highest BCUT2D eigenvalue weighted by atomic mass is 35.5. The summed E-state index contributed by atoms with van der Waals surface area (Å²) in [5.41, 5.74) is 0. The van der Waals surface area contributed by atoms with Crippen LogP contribution in [-0.2, 0) is 4.74 Å². The Morgan fingerprint density at radius 2 is 2.20 bits per heavy atom. The number of nitrogens with zero attached hydrogens (tertiary/aromatic N) is 3. The molecule has 2 aliphatic rings. The van der Waals surface area contributed by atoms with Crippen LogP contribution in [0, 0.1) is 12.8 Å². The standard InChI is InChI=1S/C13H19Cl2N3O2/c1-8-11(12-16-9(2)17-20-12)18(5-6-19-8)4-3-10-7-13(10,14)15/h8,10-11H,3-7H2,1-2H3/t8-,10?,11+/m1/s1. The summed E-state index contributed by atoms with van der Waals surface area (Å²) >= 11 is 12.2. The fourth-order valence-corrected chi connectivity index (χ4v) is 3.42. The number of morpholine rings is 1. The van der Waals surface area contributed by atoms with E-state index in [2.05, 4.69) is 15.0 Å². The Bertz CT molecular complexity index is 480. The van der Waals surface area contributed by atoms with Crippen molar-refractivity contribution >= 4 is 23.2 Å².